The molecule has 8 heteroatoms. The fourth-order valence-corrected chi connectivity index (χ4v) is 6.21. The number of benzene rings is 1. The van der Waals surface area contributed by atoms with E-state index >= 15 is 0 Å². The molecule has 1 N–H and O–H groups in total. The Morgan fingerprint density at radius 3 is 2.82 bits per heavy atom. The molecule has 2 aromatic rings. The van der Waals surface area contributed by atoms with Gasteiger partial charge < -0.3 is 10.1 Å². The van der Waals surface area contributed by atoms with Crippen LogP contribution in [0.4, 0.5) is 0 Å². The van der Waals surface area contributed by atoms with Crippen molar-refractivity contribution in [1.29, 1.82) is 0 Å². The van der Waals surface area contributed by atoms with E-state index < -0.39 is 10.0 Å². The standard InChI is InChI=1S/C20H26N2O4S2/c1-15-5-3-7-18(13-15)26-12-10-21-20(23)17-6-4-11-22(14-17)28(24,25)19-9-8-16(2)27-19/h3,5,7-9,13,17H,4,6,10-12,14H2,1-2H3,(H,21,23). The number of carbonyl (C=O) groups excluding carboxylic acids is 1. The Kier molecular flexibility index (Phi) is 6.74. The largest absolute Gasteiger partial charge is 0.492 e. The normalized spacial score (nSPS) is 18.0. The molecule has 1 fully saturated rings. The molecule has 152 valence electrons. The van der Waals surface area contributed by atoms with Crippen LogP contribution in [-0.2, 0) is 14.8 Å². The number of rotatable bonds is 7. The molecule has 1 aromatic carbocycles. The van der Waals surface area contributed by atoms with Gasteiger partial charge in [0.05, 0.1) is 12.5 Å². The number of nitrogens with zero attached hydrogens (tertiary/aromatic N) is 1. The van der Waals surface area contributed by atoms with Crippen molar-refractivity contribution in [3.8, 4) is 5.75 Å². The predicted octanol–water partition coefficient (Wildman–Crippen LogP) is 2.96. The molecule has 0 spiro atoms. The fraction of sp³-hybridized carbons (Fsp3) is 0.450. The van der Waals surface area contributed by atoms with Gasteiger partial charge in [-0.15, -0.1) is 11.3 Å². The molecule has 0 aliphatic carbocycles. The molecule has 1 aliphatic rings. The maximum absolute atomic E-state index is 12.8. The summed E-state index contributed by atoms with van der Waals surface area (Å²) in [5.74, 6) is 0.328. The van der Waals surface area contributed by atoms with E-state index in [1.807, 2.05) is 38.1 Å². The van der Waals surface area contributed by atoms with E-state index in [1.165, 1.54) is 15.6 Å². The molecule has 6 nitrogen and oxygen atoms in total. The lowest BCUT2D eigenvalue weighted by molar-refractivity contribution is -0.126. The highest BCUT2D eigenvalue weighted by molar-refractivity contribution is 7.91. The topological polar surface area (TPSA) is 75.7 Å². The van der Waals surface area contributed by atoms with Gasteiger partial charge in [0.1, 0.15) is 16.6 Å². The van der Waals surface area contributed by atoms with Gasteiger partial charge in [0.15, 0.2) is 0 Å². The minimum absolute atomic E-state index is 0.116. The summed E-state index contributed by atoms with van der Waals surface area (Å²) in [4.78, 5) is 13.4. The first-order valence-corrected chi connectivity index (χ1v) is 11.7. The minimum atomic E-state index is -3.53. The summed E-state index contributed by atoms with van der Waals surface area (Å²) >= 11 is 1.27. The lowest BCUT2D eigenvalue weighted by Gasteiger charge is -2.30. The maximum Gasteiger partial charge on any atom is 0.252 e. The number of carbonyl (C=O) groups is 1. The number of piperidine rings is 1. The third-order valence-corrected chi connectivity index (χ3v) is 8.06. The Balaban J connectivity index is 1.50. The van der Waals surface area contributed by atoms with E-state index in [9.17, 15) is 13.2 Å². The van der Waals surface area contributed by atoms with Crippen molar-refractivity contribution >= 4 is 27.3 Å². The number of thiophene rings is 1. The Bertz CT molecular complexity index is 924. The number of hydrogen-bond acceptors (Lipinski definition) is 5. The Hall–Kier alpha value is -1.90. The summed E-state index contributed by atoms with van der Waals surface area (Å²) in [5.41, 5.74) is 1.12. The van der Waals surface area contributed by atoms with Gasteiger partial charge in [0.2, 0.25) is 5.91 Å². The number of aryl methyl sites for hydroxylation is 2. The van der Waals surface area contributed by atoms with Crippen LogP contribution < -0.4 is 10.1 Å². The first-order chi connectivity index (χ1) is 13.4. The fourth-order valence-electron chi connectivity index (χ4n) is 3.25. The van der Waals surface area contributed by atoms with Gasteiger partial charge in [-0.2, -0.15) is 4.31 Å². The van der Waals surface area contributed by atoms with E-state index in [0.29, 0.717) is 36.7 Å². The molecule has 1 saturated heterocycles. The van der Waals surface area contributed by atoms with E-state index in [1.54, 1.807) is 12.1 Å². The number of ether oxygens (including phenoxy) is 1. The Labute approximate surface area is 170 Å². The van der Waals surface area contributed by atoms with Crippen molar-refractivity contribution in [2.75, 3.05) is 26.2 Å². The summed E-state index contributed by atoms with van der Waals surface area (Å²) in [5, 5.41) is 2.87. The summed E-state index contributed by atoms with van der Waals surface area (Å²) in [6.07, 6.45) is 1.38. The molecular formula is C20H26N2O4S2. The maximum atomic E-state index is 12.8. The number of nitrogens with one attached hydrogen (secondary N) is 1. The molecule has 1 unspecified atom stereocenters. The second-order valence-electron chi connectivity index (χ2n) is 7.02. The second kappa shape index (κ2) is 9.07. The van der Waals surface area contributed by atoms with Gasteiger partial charge in [-0.3, -0.25) is 4.79 Å². The van der Waals surface area contributed by atoms with E-state index in [0.717, 1.165) is 16.2 Å². The van der Waals surface area contributed by atoms with Gasteiger partial charge in [-0.1, -0.05) is 12.1 Å². The third-order valence-electron chi connectivity index (χ3n) is 4.72. The molecule has 0 bridgehead atoms. The Morgan fingerprint density at radius 1 is 1.29 bits per heavy atom. The van der Waals surface area contributed by atoms with E-state index in [4.69, 9.17) is 4.74 Å². The average molecular weight is 423 g/mol. The van der Waals surface area contributed by atoms with Crippen molar-refractivity contribution in [3.05, 3.63) is 46.8 Å². The van der Waals surface area contributed by atoms with Crippen molar-refractivity contribution in [2.45, 2.75) is 30.9 Å². The quantitative estimate of drug-likeness (QED) is 0.696. The van der Waals surface area contributed by atoms with Gasteiger partial charge in [-0.25, -0.2) is 8.42 Å². The molecule has 2 heterocycles. The van der Waals surface area contributed by atoms with Gasteiger partial charge in [0, 0.05) is 18.0 Å². The van der Waals surface area contributed by atoms with Crippen LogP contribution in [0.25, 0.3) is 0 Å². The molecule has 1 aromatic heterocycles. The van der Waals surface area contributed by atoms with E-state index in [2.05, 4.69) is 5.32 Å². The highest BCUT2D eigenvalue weighted by Crippen LogP contribution is 2.28. The lowest BCUT2D eigenvalue weighted by atomic mass is 9.99. The number of amides is 1. The summed E-state index contributed by atoms with van der Waals surface area (Å²) < 4.78 is 33.0. The number of sulfonamides is 1. The molecule has 1 atom stereocenters. The van der Waals surface area contributed by atoms with Crippen molar-refractivity contribution in [3.63, 3.8) is 0 Å². The smallest absolute Gasteiger partial charge is 0.252 e. The van der Waals surface area contributed by atoms with Crippen molar-refractivity contribution in [2.24, 2.45) is 5.92 Å². The molecule has 0 radical (unpaired) electrons. The predicted molar refractivity (Wildman–Crippen MR) is 110 cm³/mol. The zero-order chi connectivity index (χ0) is 20.1. The third kappa shape index (κ3) is 5.12. The van der Waals surface area contributed by atoms with Crippen LogP contribution in [0, 0.1) is 19.8 Å². The summed E-state index contributed by atoms with van der Waals surface area (Å²) in [6, 6.07) is 11.2. The highest BCUT2D eigenvalue weighted by Gasteiger charge is 2.33. The van der Waals surface area contributed by atoms with Crippen molar-refractivity contribution < 1.29 is 17.9 Å². The Morgan fingerprint density at radius 2 is 2.11 bits per heavy atom. The molecular weight excluding hydrogens is 396 g/mol. The SMILES string of the molecule is Cc1cccc(OCCNC(=O)C2CCCN(S(=O)(=O)c3ccc(C)s3)C2)c1. The van der Waals surface area contributed by atoms with Crippen LogP contribution in [0.3, 0.4) is 0 Å². The average Bonchev–Trinajstić information content (AvgIpc) is 3.12. The van der Waals surface area contributed by atoms with Crippen LogP contribution in [-0.4, -0.2) is 44.9 Å². The van der Waals surface area contributed by atoms with Crippen LogP contribution in [0.5, 0.6) is 5.75 Å². The molecule has 0 saturated carbocycles. The van der Waals surface area contributed by atoms with Crippen LogP contribution >= 0.6 is 11.3 Å². The molecule has 1 amide bonds. The zero-order valence-electron chi connectivity index (χ0n) is 16.2. The monoisotopic (exact) mass is 422 g/mol. The zero-order valence-corrected chi connectivity index (χ0v) is 17.8. The first-order valence-electron chi connectivity index (χ1n) is 9.40. The number of hydrogen-bond donors (Lipinski definition) is 1. The van der Waals surface area contributed by atoms with Crippen LogP contribution in [0.2, 0.25) is 0 Å². The second-order valence-corrected chi connectivity index (χ2v) is 10.5. The van der Waals surface area contributed by atoms with Gasteiger partial charge in [-0.05, 0) is 56.5 Å². The van der Waals surface area contributed by atoms with Crippen LogP contribution in [0.15, 0.2) is 40.6 Å². The van der Waals surface area contributed by atoms with Crippen molar-refractivity contribution in [1.82, 2.24) is 9.62 Å². The minimum Gasteiger partial charge on any atom is -0.492 e. The lowest BCUT2D eigenvalue weighted by Crippen LogP contribution is -2.45. The summed E-state index contributed by atoms with van der Waals surface area (Å²) in [7, 11) is -3.53. The van der Waals surface area contributed by atoms with Crippen LogP contribution in [0.1, 0.15) is 23.3 Å². The highest BCUT2D eigenvalue weighted by atomic mass is 32.2. The van der Waals surface area contributed by atoms with Gasteiger partial charge in [0.25, 0.3) is 10.0 Å². The first kappa shape index (κ1) is 20.8. The molecule has 1 aliphatic heterocycles. The summed E-state index contributed by atoms with van der Waals surface area (Å²) in [6.45, 7) is 5.33. The van der Waals surface area contributed by atoms with E-state index in [-0.39, 0.29) is 18.4 Å². The molecule has 3 rings (SSSR count). The molecule has 28 heavy (non-hydrogen) atoms. The van der Waals surface area contributed by atoms with Gasteiger partial charge >= 0.3 is 0 Å².